The Bertz CT molecular complexity index is 1950. The Kier molecular flexibility index (Phi) is 7.50. The molecule has 1 spiro atoms. The fraction of sp³-hybridized carbons (Fsp3) is 0.382. The van der Waals surface area contributed by atoms with Crippen LogP contribution in [0.2, 0.25) is 0 Å². The molecule has 2 aromatic carbocycles. The highest BCUT2D eigenvalue weighted by atomic mass is 19.1. The Labute approximate surface area is 274 Å². The number of carbonyl (C=O) groups excluding carboxylic acids is 3. The maximum Gasteiger partial charge on any atom is 0.360 e. The molecule has 4 aromatic rings. The van der Waals surface area contributed by atoms with E-state index in [1.165, 1.54) is 19.2 Å². The van der Waals surface area contributed by atoms with Gasteiger partial charge in [-0.2, -0.15) is 0 Å². The minimum atomic E-state index is -1.35. The number of nitrogens with one attached hydrogen (secondary N) is 3. The maximum absolute atomic E-state index is 15.1. The second-order valence-corrected chi connectivity index (χ2v) is 12.9. The molecule has 4 N–H and O–H groups in total. The molecule has 0 radical (unpaired) electrons. The van der Waals surface area contributed by atoms with Gasteiger partial charge in [0.25, 0.3) is 0 Å². The molecule has 2 aromatic heterocycles. The van der Waals surface area contributed by atoms with Crippen molar-refractivity contribution in [2.75, 3.05) is 12.4 Å². The number of benzene rings is 2. The fourth-order valence-corrected chi connectivity index (χ4v) is 6.60. The number of aliphatic hydroxyl groups excluding tert-OH is 1. The standard InChI is InChI=1S/C34H34FN5O8/c1-14(2)24-31-40-25(30-37-22(13-46-30)32(44)45-5)27(48-31)34-18-12-17(35)7-8-20(18)38-33(34)47-23-9-6-16(10-19(23)34)11-21(28(42)39-24)36-29(43)26(41)15(3)4/h6-10,12-15,21,24,26,33,38,41H,11H2,1-5H3,(H,36,43)(H,39,42)/t21?,24-,26-,33+,34-/m0/s1. The van der Waals surface area contributed by atoms with Crippen LogP contribution in [0.4, 0.5) is 10.1 Å². The number of amides is 2. The van der Waals surface area contributed by atoms with Crippen molar-refractivity contribution in [3.8, 4) is 17.3 Å². The Morgan fingerprint density at radius 3 is 2.62 bits per heavy atom. The Balaban J connectivity index is 1.49. The molecule has 0 aliphatic carbocycles. The van der Waals surface area contributed by atoms with Crippen LogP contribution in [-0.2, 0) is 26.2 Å². The molecule has 5 heterocycles. The van der Waals surface area contributed by atoms with Gasteiger partial charge >= 0.3 is 5.97 Å². The van der Waals surface area contributed by atoms with E-state index < -0.39 is 53.4 Å². The lowest BCUT2D eigenvalue weighted by atomic mass is 9.72. The van der Waals surface area contributed by atoms with E-state index in [0.29, 0.717) is 28.1 Å². The largest absolute Gasteiger partial charge is 0.469 e. The third-order valence-corrected chi connectivity index (χ3v) is 9.11. The number of esters is 1. The normalized spacial score (nSPS) is 22.9. The third-order valence-electron chi connectivity index (χ3n) is 9.11. The second kappa shape index (κ2) is 11.5. The summed E-state index contributed by atoms with van der Waals surface area (Å²) in [6.45, 7) is 7.12. The van der Waals surface area contributed by atoms with Gasteiger partial charge in [0.1, 0.15) is 41.4 Å². The summed E-state index contributed by atoms with van der Waals surface area (Å²) in [6.07, 6.45) is -0.964. The van der Waals surface area contributed by atoms with Crippen molar-refractivity contribution in [3.63, 3.8) is 0 Å². The number of aromatic nitrogens is 2. The Morgan fingerprint density at radius 2 is 1.90 bits per heavy atom. The minimum absolute atomic E-state index is 0.0616. The molecule has 4 bridgehead atoms. The highest BCUT2D eigenvalue weighted by Gasteiger charge is 2.61. The lowest BCUT2D eigenvalue weighted by Gasteiger charge is -2.29. The first-order valence-electron chi connectivity index (χ1n) is 15.6. The number of hydrogen-bond acceptors (Lipinski definition) is 11. The predicted octanol–water partition coefficient (Wildman–Crippen LogP) is 3.60. The third kappa shape index (κ3) is 4.81. The van der Waals surface area contributed by atoms with Gasteiger partial charge in [-0.1, -0.05) is 39.8 Å². The summed E-state index contributed by atoms with van der Waals surface area (Å²) in [5, 5.41) is 19.5. The van der Waals surface area contributed by atoms with Crippen LogP contribution in [0, 0.1) is 17.7 Å². The molecular weight excluding hydrogens is 625 g/mol. The van der Waals surface area contributed by atoms with Crippen LogP contribution < -0.4 is 20.7 Å². The lowest BCUT2D eigenvalue weighted by molar-refractivity contribution is -0.135. The van der Waals surface area contributed by atoms with Gasteiger partial charge in [0.2, 0.25) is 23.6 Å². The van der Waals surface area contributed by atoms with E-state index in [2.05, 4.69) is 20.9 Å². The van der Waals surface area contributed by atoms with Crippen molar-refractivity contribution in [1.29, 1.82) is 0 Å². The molecule has 48 heavy (non-hydrogen) atoms. The molecule has 14 heteroatoms. The summed E-state index contributed by atoms with van der Waals surface area (Å²) in [4.78, 5) is 48.5. The van der Waals surface area contributed by atoms with Crippen LogP contribution in [-0.4, -0.2) is 58.3 Å². The summed E-state index contributed by atoms with van der Waals surface area (Å²) >= 11 is 0. The molecule has 0 fully saturated rings. The van der Waals surface area contributed by atoms with Crippen LogP contribution in [0.1, 0.15) is 72.6 Å². The molecule has 13 nitrogen and oxygen atoms in total. The monoisotopic (exact) mass is 659 g/mol. The molecule has 2 amide bonds. The van der Waals surface area contributed by atoms with Gasteiger partial charge in [0.15, 0.2) is 23.4 Å². The zero-order valence-corrected chi connectivity index (χ0v) is 26.8. The van der Waals surface area contributed by atoms with Crippen molar-refractivity contribution in [2.45, 2.75) is 63.9 Å². The molecule has 5 atom stereocenters. The first-order chi connectivity index (χ1) is 22.9. The number of methoxy groups -OCH3 is 1. The lowest BCUT2D eigenvalue weighted by Crippen LogP contribution is -2.52. The number of carbonyl (C=O) groups is 3. The molecule has 1 unspecified atom stereocenters. The predicted molar refractivity (Wildman–Crippen MR) is 166 cm³/mol. The van der Waals surface area contributed by atoms with Gasteiger partial charge < -0.3 is 39.4 Å². The Hall–Kier alpha value is -5.24. The zero-order valence-electron chi connectivity index (χ0n) is 26.8. The number of oxazole rings is 2. The van der Waals surface area contributed by atoms with Gasteiger partial charge in [0, 0.05) is 23.2 Å². The quantitative estimate of drug-likeness (QED) is 0.222. The number of rotatable bonds is 6. The van der Waals surface area contributed by atoms with Crippen LogP contribution >= 0.6 is 0 Å². The first kappa shape index (κ1) is 31.4. The summed E-state index contributed by atoms with van der Waals surface area (Å²) in [7, 11) is 1.22. The molecule has 7 rings (SSSR count). The number of ether oxygens (including phenoxy) is 2. The van der Waals surface area contributed by atoms with Crippen molar-refractivity contribution < 1.29 is 42.2 Å². The zero-order chi connectivity index (χ0) is 34.1. The van der Waals surface area contributed by atoms with Gasteiger partial charge in [-0.3, -0.25) is 9.59 Å². The smallest absolute Gasteiger partial charge is 0.360 e. The van der Waals surface area contributed by atoms with E-state index in [0.717, 1.165) is 6.26 Å². The van der Waals surface area contributed by atoms with Crippen molar-refractivity contribution in [1.82, 2.24) is 20.6 Å². The fourth-order valence-electron chi connectivity index (χ4n) is 6.60. The summed E-state index contributed by atoms with van der Waals surface area (Å²) in [5.41, 5.74) is 0.980. The summed E-state index contributed by atoms with van der Waals surface area (Å²) < 4.78 is 38.8. The van der Waals surface area contributed by atoms with E-state index in [-0.39, 0.29) is 47.2 Å². The molecule has 0 saturated heterocycles. The van der Waals surface area contributed by atoms with Crippen molar-refractivity contribution >= 4 is 23.5 Å². The van der Waals surface area contributed by atoms with Gasteiger partial charge in [-0.05, 0) is 41.7 Å². The molecule has 0 saturated carbocycles. The number of halogens is 1. The van der Waals surface area contributed by atoms with Crippen LogP contribution in [0.25, 0.3) is 11.6 Å². The number of fused-ring (bicyclic) bond motifs is 4. The first-order valence-corrected chi connectivity index (χ1v) is 15.6. The van der Waals surface area contributed by atoms with E-state index in [1.54, 1.807) is 32.0 Å². The maximum atomic E-state index is 15.1. The van der Waals surface area contributed by atoms with Crippen LogP contribution in [0.15, 0.2) is 51.5 Å². The molecule has 3 aliphatic heterocycles. The summed E-state index contributed by atoms with van der Waals surface area (Å²) in [6, 6.07) is 7.78. The highest BCUT2D eigenvalue weighted by Crippen LogP contribution is 2.59. The summed E-state index contributed by atoms with van der Waals surface area (Å²) in [5.74, 6) is -2.42. The number of anilines is 1. The van der Waals surface area contributed by atoms with Gasteiger partial charge in [0.05, 0.1) is 7.11 Å². The van der Waals surface area contributed by atoms with E-state index >= 15 is 4.39 Å². The van der Waals surface area contributed by atoms with Crippen LogP contribution in [0.3, 0.4) is 0 Å². The Morgan fingerprint density at radius 1 is 1.10 bits per heavy atom. The second-order valence-electron chi connectivity index (χ2n) is 12.9. The number of aliphatic hydroxyl groups is 1. The topological polar surface area (TPSA) is 178 Å². The average molecular weight is 660 g/mol. The SMILES string of the molecule is COC(=O)c1coc(-c2nc3oc2[C@@]24c5cc(F)ccc5N[C@@H]2Oc2ccc(cc24)CC(NC(=O)[C@@H](O)C(C)C)C(=O)N[C@H]3C(C)C)n1. The average Bonchev–Trinajstić information content (AvgIpc) is 3.83. The van der Waals surface area contributed by atoms with Gasteiger partial charge in [-0.15, -0.1) is 0 Å². The number of nitrogens with zero attached hydrogens (tertiary/aromatic N) is 2. The molecule has 250 valence electrons. The molecular formula is C34H34FN5O8. The van der Waals surface area contributed by atoms with E-state index in [1.807, 2.05) is 19.9 Å². The van der Waals surface area contributed by atoms with Crippen molar-refractivity contribution in [2.24, 2.45) is 11.8 Å². The van der Waals surface area contributed by atoms with Gasteiger partial charge in [-0.25, -0.2) is 19.2 Å². The molecule has 3 aliphatic rings. The minimum Gasteiger partial charge on any atom is -0.469 e. The highest BCUT2D eigenvalue weighted by molar-refractivity contribution is 5.90. The van der Waals surface area contributed by atoms with E-state index in [9.17, 15) is 19.5 Å². The van der Waals surface area contributed by atoms with Crippen LogP contribution in [0.5, 0.6) is 5.75 Å². The number of hydrogen-bond donors (Lipinski definition) is 4. The van der Waals surface area contributed by atoms with E-state index in [4.69, 9.17) is 23.3 Å². The van der Waals surface area contributed by atoms with Crippen molar-refractivity contribution in [3.05, 3.63) is 82.5 Å².